The third kappa shape index (κ3) is 4.36. The maximum absolute atomic E-state index is 13.0. The second kappa shape index (κ2) is 9.14. The molecule has 2 aromatic heterocycles. The van der Waals surface area contributed by atoms with E-state index in [9.17, 15) is 4.79 Å². The third-order valence-corrected chi connectivity index (χ3v) is 5.17. The van der Waals surface area contributed by atoms with Crippen molar-refractivity contribution in [1.82, 2.24) is 20.0 Å². The Balaban J connectivity index is 1.81. The number of nitrogens with two attached hydrogens (primary N) is 1. The number of amides is 1. The number of anilines is 1. The van der Waals surface area contributed by atoms with E-state index in [2.05, 4.69) is 27.3 Å². The molecule has 0 bridgehead atoms. The van der Waals surface area contributed by atoms with Crippen molar-refractivity contribution in [3.05, 3.63) is 64.7 Å². The predicted octanol–water partition coefficient (Wildman–Crippen LogP) is 4.62. The van der Waals surface area contributed by atoms with E-state index in [1.807, 2.05) is 36.4 Å². The minimum Gasteiger partial charge on any atom is -0.383 e. The normalized spacial score (nSPS) is 11.5. The highest BCUT2D eigenvalue weighted by atomic mass is 35.5. The first-order chi connectivity index (χ1) is 15.1. The molecule has 4 rings (SSSR count). The first kappa shape index (κ1) is 20.8. The van der Waals surface area contributed by atoms with Crippen LogP contribution in [0.25, 0.3) is 22.2 Å². The molecule has 2 aromatic carbocycles. The summed E-state index contributed by atoms with van der Waals surface area (Å²) in [5.74, 6) is -0.0866. The van der Waals surface area contributed by atoms with Crippen molar-refractivity contribution in [3.8, 4) is 0 Å². The molecular formula is C23H23ClN6O. The van der Waals surface area contributed by atoms with Crippen LogP contribution in [0.3, 0.4) is 0 Å². The largest absolute Gasteiger partial charge is 0.383 e. The van der Waals surface area contributed by atoms with Crippen molar-refractivity contribution in [2.24, 2.45) is 5.10 Å². The average Bonchev–Trinajstić information content (AvgIpc) is 3.04. The molecule has 0 spiro atoms. The molecule has 7 nitrogen and oxygen atoms in total. The lowest BCUT2D eigenvalue weighted by Gasteiger charge is -2.05. The summed E-state index contributed by atoms with van der Waals surface area (Å²) >= 11 is 6.07. The number of benzene rings is 2. The quantitative estimate of drug-likeness (QED) is 0.327. The molecule has 0 saturated heterocycles. The van der Waals surface area contributed by atoms with Gasteiger partial charge in [-0.1, -0.05) is 55.6 Å². The summed E-state index contributed by atoms with van der Waals surface area (Å²) in [5.41, 5.74) is 9.70. The molecule has 8 heteroatoms. The van der Waals surface area contributed by atoms with Crippen LogP contribution in [0.5, 0.6) is 0 Å². The fraction of sp³-hybridized carbons (Fsp3) is 0.217. The van der Waals surface area contributed by atoms with Gasteiger partial charge in [0.15, 0.2) is 5.65 Å². The molecule has 0 fully saturated rings. The average molecular weight is 435 g/mol. The van der Waals surface area contributed by atoms with Gasteiger partial charge in [0, 0.05) is 11.6 Å². The molecule has 3 N–H and O–H groups in total. The Labute approximate surface area is 184 Å². The fourth-order valence-corrected chi connectivity index (χ4v) is 3.56. The summed E-state index contributed by atoms with van der Waals surface area (Å²) in [6.07, 6.45) is 4.66. The summed E-state index contributed by atoms with van der Waals surface area (Å²) in [5, 5.41) is 8.03. The number of carbonyl (C=O) groups excluding carboxylic acids is 1. The van der Waals surface area contributed by atoms with Crippen molar-refractivity contribution in [1.29, 1.82) is 0 Å². The lowest BCUT2D eigenvalue weighted by Crippen LogP contribution is -2.25. The Morgan fingerprint density at radius 1 is 1.16 bits per heavy atom. The van der Waals surface area contributed by atoms with Gasteiger partial charge in [0.1, 0.15) is 16.9 Å². The lowest BCUT2D eigenvalue weighted by molar-refractivity contribution is 0.0955. The highest BCUT2D eigenvalue weighted by molar-refractivity contribution is 6.30. The maximum atomic E-state index is 13.0. The molecule has 0 saturated carbocycles. The third-order valence-electron chi connectivity index (χ3n) is 4.94. The number of halogens is 1. The number of rotatable bonds is 7. The topological polar surface area (TPSA) is 98.2 Å². The van der Waals surface area contributed by atoms with E-state index in [-0.39, 0.29) is 17.3 Å². The summed E-state index contributed by atoms with van der Waals surface area (Å²) in [6.45, 7) is 2.69. The van der Waals surface area contributed by atoms with Gasteiger partial charge in [-0.25, -0.2) is 9.97 Å². The number of nitrogen functional groups attached to an aromatic ring is 1. The molecule has 4 aromatic rings. The molecule has 0 aliphatic heterocycles. The number of nitrogens with zero attached hydrogens (tertiary/aromatic N) is 4. The standard InChI is InChI=1S/C23H23ClN6O/c1-2-3-6-12-26-23(31)19-20-22(29-18-11-5-4-10-17(18)28-20)30(21(19)25)27-14-15-8-7-9-16(24)13-15/h4-5,7-11,13-14H,2-3,6,12,25H2,1H3,(H,26,31). The van der Waals surface area contributed by atoms with Crippen molar-refractivity contribution in [2.75, 3.05) is 12.3 Å². The minimum absolute atomic E-state index is 0.191. The zero-order valence-corrected chi connectivity index (χ0v) is 17.9. The molecule has 0 atom stereocenters. The van der Waals surface area contributed by atoms with Gasteiger partial charge in [0.05, 0.1) is 17.2 Å². The van der Waals surface area contributed by atoms with E-state index >= 15 is 0 Å². The van der Waals surface area contributed by atoms with Crippen LogP contribution in [0.4, 0.5) is 5.82 Å². The number of nitrogens with one attached hydrogen (secondary N) is 1. The van der Waals surface area contributed by atoms with Gasteiger partial charge in [-0.05, 0) is 36.2 Å². The molecule has 0 aliphatic rings. The predicted molar refractivity (Wildman–Crippen MR) is 126 cm³/mol. The van der Waals surface area contributed by atoms with Gasteiger partial charge < -0.3 is 11.1 Å². The van der Waals surface area contributed by atoms with E-state index in [0.29, 0.717) is 33.8 Å². The second-order valence-corrected chi connectivity index (χ2v) is 7.66. The van der Waals surface area contributed by atoms with E-state index < -0.39 is 0 Å². The zero-order chi connectivity index (χ0) is 21.8. The maximum Gasteiger partial charge on any atom is 0.257 e. The van der Waals surface area contributed by atoms with Crippen LogP contribution in [-0.2, 0) is 0 Å². The first-order valence-electron chi connectivity index (χ1n) is 10.2. The number of aromatic nitrogens is 3. The Morgan fingerprint density at radius 3 is 2.68 bits per heavy atom. The molecule has 1 amide bonds. The van der Waals surface area contributed by atoms with Crippen molar-refractivity contribution >= 4 is 51.7 Å². The van der Waals surface area contributed by atoms with E-state index in [1.165, 1.54) is 4.68 Å². The van der Waals surface area contributed by atoms with E-state index in [1.54, 1.807) is 18.3 Å². The van der Waals surface area contributed by atoms with Crippen LogP contribution in [-0.4, -0.2) is 33.3 Å². The zero-order valence-electron chi connectivity index (χ0n) is 17.2. The highest BCUT2D eigenvalue weighted by Crippen LogP contribution is 2.27. The molecule has 0 aliphatic carbocycles. The van der Waals surface area contributed by atoms with Crippen LogP contribution in [0.2, 0.25) is 5.02 Å². The van der Waals surface area contributed by atoms with Crippen LogP contribution in [0.15, 0.2) is 53.6 Å². The molecule has 31 heavy (non-hydrogen) atoms. The number of para-hydroxylation sites is 2. The molecular weight excluding hydrogens is 412 g/mol. The molecule has 0 radical (unpaired) electrons. The van der Waals surface area contributed by atoms with Gasteiger partial charge in [-0.3, -0.25) is 4.79 Å². The lowest BCUT2D eigenvalue weighted by atomic mass is 10.2. The van der Waals surface area contributed by atoms with Crippen LogP contribution >= 0.6 is 11.6 Å². The number of carbonyl (C=O) groups is 1. The summed E-state index contributed by atoms with van der Waals surface area (Å²) < 4.78 is 1.45. The monoisotopic (exact) mass is 434 g/mol. The van der Waals surface area contributed by atoms with Crippen LogP contribution in [0.1, 0.15) is 42.1 Å². The van der Waals surface area contributed by atoms with Crippen LogP contribution in [0, 0.1) is 0 Å². The van der Waals surface area contributed by atoms with E-state index in [0.717, 1.165) is 24.8 Å². The number of hydrogen-bond acceptors (Lipinski definition) is 5. The van der Waals surface area contributed by atoms with Crippen LogP contribution < -0.4 is 11.1 Å². The first-order valence-corrected chi connectivity index (χ1v) is 10.6. The fourth-order valence-electron chi connectivity index (χ4n) is 3.36. The second-order valence-electron chi connectivity index (χ2n) is 7.22. The van der Waals surface area contributed by atoms with Gasteiger partial charge in [-0.15, -0.1) is 0 Å². The SMILES string of the molecule is CCCCCNC(=O)c1c(N)n(N=Cc2cccc(Cl)c2)c2nc3ccccc3nc12. The summed E-state index contributed by atoms with van der Waals surface area (Å²) in [4.78, 5) is 22.3. The Kier molecular flexibility index (Phi) is 6.13. The molecule has 2 heterocycles. The Morgan fingerprint density at radius 2 is 1.94 bits per heavy atom. The van der Waals surface area contributed by atoms with E-state index in [4.69, 9.17) is 17.3 Å². The van der Waals surface area contributed by atoms with Gasteiger partial charge in [0.25, 0.3) is 5.91 Å². The minimum atomic E-state index is -0.278. The van der Waals surface area contributed by atoms with Crippen molar-refractivity contribution in [3.63, 3.8) is 0 Å². The highest BCUT2D eigenvalue weighted by Gasteiger charge is 2.23. The molecule has 0 unspecified atom stereocenters. The van der Waals surface area contributed by atoms with Gasteiger partial charge in [0.2, 0.25) is 0 Å². The van der Waals surface area contributed by atoms with Crippen molar-refractivity contribution in [2.45, 2.75) is 26.2 Å². The smallest absolute Gasteiger partial charge is 0.257 e. The van der Waals surface area contributed by atoms with Crippen molar-refractivity contribution < 1.29 is 4.79 Å². The number of hydrogen-bond donors (Lipinski definition) is 2. The molecule has 158 valence electrons. The number of unbranched alkanes of at least 4 members (excludes halogenated alkanes) is 2. The Hall–Kier alpha value is -3.45. The Bertz CT molecular complexity index is 1280. The number of fused-ring (bicyclic) bond motifs is 2. The summed E-state index contributed by atoms with van der Waals surface area (Å²) in [7, 11) is 0. The summed E-state index contributed by atoms with van der Waals surface area (Å²) in [6, 6.07) is 14.8. The van der Waals surface area contributed by atoms with Gasteiger partial charge >= 0.3 is 0 Å². The van der Waals surface area contributed by atoms with Gasteiger partial charge in [-0.2, -0.15) is 9.78 Å².